The number of terminal acetylenes is 1. The lowest BCUT2D eigenvalue weighted by Crippen LogP contribution is -2.53. The Bertz CT molecular complexity index is 1920. The zero-order valence-corrected chi connectivity index (χ0v) is 26.3. The van der Waals surface area contributed by atoms with Gasteiger partial charge in [0.15, 0.2) is 18.4 Å². The summed E-state index contributed by atoms with van der Waals surface area (Å²) in [5.41, 5.74) is -1.56. The largest absolute Gasteiger partial charge is 0.508 e. The summed E-state index contributed by atoms with van der Waals surface area (Å²) >= 11 is 0. The van der Waals surface area contributed by atoms with Gasteiger partial charge in [-0.15, -0.1) is 6.42 Å². The average molecular weight is 649 g/mol. The molecule has 3 unspecified atom stereocenters. The van der Waals surface area contributed by atoms with Crippen LogP contribution < -0.4 is 15.4 Å². The van der Waals surface area contributed by atoms with Crippen molar-refractivity contribution in [1.29, 1.82) is 0 Å². The Morgan fingerprint density at radius 2 is 1.87 bits per heavy atom. The first-order valence-electron chi connectivity index (χ1n) is 16.1. The van der Waals surface area contributed by atoms with Gasteiger partial charge in [-0.3, -0.25) is 10.2 Å². The molecule has 0 aliphatic carbocycles. The molecule has 47 heavy (non-hydrogen) atoms. The van der Waals surface area contributed by atoms with Gasteiger partial charge < -0.3 is 15.2 Å². The molecule has 4 aromatic rings. The van der Waals surface area contributed by atoms with Crippen molar-refractivity contribution in [1.82, 2.24) is 25.2 Å². The Labute approximate surface area is 269 Å². The van der Waals surface area contributed by atoms with Crippen LogP contribution in [0, 0.1) is 24.0 Å². The number of phenolic OH excluding ortho intramolecular Hbond substituents is 1. The van der Waals surface area contributed by atoms with Gasteiger partial charge in [-0.1, -0.05) is 18.9 Å². The van der Waals surface area contributed by atoms with Gasteiger partial charge in [0.1, 0.15) is 35.2 Å². The molecular formula is C35H36F4N6O2. The molecule has 3 aliphatic rings. The number of alkyl halides is 2. The number of fused-ring (bicyclic) bond motifs is 2. The topological polar surface area (TPSA) is 95.4 Å². The van der Waals surface area contributed by atoms with E-state index in [9.17, 15) is 13.9 Å². The Morgan fingerprint density at radius 1 is 1.11 bits per heavy atom. The minimum absolute atomic E-state index is 0.0689. The lowest BCUT2D eigenvalue weighted by molar-refractivity contribution is 0.106. The van der Waals surface area contributed by atoms with Crippen molar-refractivity contribution in [2.75, 3.05) is 25.0 Å². The minimum Gasteiger partial charge on any atom is -0.508 e. The first-order valence-corrected chi connectivity index (χ1v) is 16.1. The standard InChI is InChI=1S/C35H36F4N6O2/c1-4-21-23(36)9-8-19-16-20(46)17-22(26(19)21)29-28(38)30-27-24(40-29)10-13-34(3,32(39)41-25(37)5-2)44-31(27)43-33(42-30)47-18-35-11-6-14-45(35)15-7-12-35/h1,8-9,16-17,25,32,41,46H,5-7,10-15,18H2,2-3H3,(H,42,43,44). The summed E-state index contributed by atoms with van der Waals surface area (Å²) in [5.74, 6) is 0.713. The van der Waals surface area contributed by atoms with Crippen LogP contribution in [-0.2, 0) is 6.42 Å². The molecule has 0 radical (unpaired) electrons. The van der Waals surface area contributed by atoms with Gasteiger partial charge in [0.2, 0.25) is 0 Å². The van der Waals surface area contributed by atoms with Crippen LogP contribution in [0.1, 0.15) is 63.6 Å². The maximum atomic E-state index is 16.9. The van der Waals surface area contributed by atoms with E-state index in [4.69, 9.17) is 11.2 Å². The summed E-state index contributed by atoms with van der Waals surface area (Å²) in [6, 6.07) is 5.22. The number of hydrogen-bond acceptors (Lipinski definition) is 8. The maximum absolute atomic E-state index is 16.9. The normalized spacial score (nSPS) is 21.6. The zero-order chi connectivity index (χ0) is 33.1. The summed E-state index contributed by atoms with van der Waals surface area (Å²) in [4.78, 5) is 16.2. The third-order valence-corrected chi connectivity index (χ3v) is 10.1. The highest BCUT2D eigenvalue weighted by Gasteiger charge is 2.45. The van der Waals surface area contributed by atoms with Crippen LogP contribution in [-0.4, -0.2) is 68.3 Å². The summed E-state index contributed by atoms with van der Waals surface area (Å²) in [6.07, 6.45) is 6.64. The van der Waals surface area contributed by atoms with E-state index >= 15 is 8.78 Å². The van der Waals surface area contributed by atoms with E-state index < -0.39 is 29.8 Å². The lowest BCUT2D eigenvalue weighted by Gasteiger charge is -2.34. The Morgan fingerprint density at radius 3 is 2.60 bits per heavy atom. The Hall–Kier alpha value is -4.21. The van der Waals surface area contributed by atoms with Gasteiger partial charge in [0, 0.05) is 10.9 Å². The molecule has 3 aliphatic heterocycles. The van der Waals surface area contributed by atoms with E-state index in [2.05, 4.69) is 36.4 Å². The number of halogens is 4. The quantitative estimate of drug-likeness (QED) is 0.113. The number of hydrogen-bond donors (Lipinski definition) is 3. The fraction of sp³-hybridized carbons (Fsp3) is 0.457. The van der Waals surface area contributed by atoms with Crippen molar-refractivity contribution in [2.45, 2.75) is 82.5 Å². The molecule has 0 saturated carbocycles. The second-order valence-electron chi connectivity index (χ2n) is 13.1. The molecule has 12 heteroatoms. The monoisotopic (exact) mass is 648 g/mol. The molecule has 0 spiro atoms. The van der Waals surface area contributed by atoms with E-state index in [-0.39, 0.29) is 75.5 Å². The Balaban J connectivity index is 1.41. The number of aryl methyl sites for hydroxylation is 1. The zero-order valence-electron chi connectivity index (χ0n) is 26.3. The SMILES string of the molecule is C#Cc1c(F)ccc2cc(O)cc(-c3nc4c5c(nc(OCC67CCCN6CCC7)nc5c3F)NC(C)(C(F)NC(F)CC)CC4)c12. The van der Waals surface area contributed by atoms with Crippen molar-refractivity contribution < 1.29 is 27.4 Å². The molecule has 0 amide bonds. The van der Waals surface area contributed by atoms with Gasteiger partial charge in [0.25, 0.3) is 0 Å². The van der Waals surface area contributed by atoms with E-state index in [1.54, 1.807) is 13.8 Å². The number of aromatic nitrogens is 3. The summed E-state index contributed by atoms with van der Waals surface area (Å²) in [6.45, 7) is 5.47. The van der Waals surface area contributed by atoms with Crippen molar-refractivity contribution >= 4 is 27.5 Å². The molecule has 0 bridgehead atoms. The van der Waals surface area contributed by atoms with Gasteiger partial charge in [-0.25, -0.2) is 22.5 Å². The van der Waals surface area contributed by atoms with Crippen molar-refractivity contribution in [3.63, 3.8) is 0 Å². The molecule has 246 valence electrons. The highest BCUT2D eigenvalue weighted by molar-refractivity contribution is 6.03. The molecule has 3 atom stereocenters. The first kappa shape index (κ1) is 31.4. The van der Waals surface area contributed by atoms with Crippen LogP contribution in [0.25, 0.3) is 32.9 Å². The van der Waals surface area contributed by atoms with Crippen LogP contribution in [0.5, 0.6) is 11.8 Å². The van der Waals surface area contributed by atoms with Gasteiger partial charge >= 0.3 is 6.01 Å². The van der Waals surface area contributed by atoms with Crippen molar-refractivity contribution in [3.8, 4) is 35.4 Å². The average Bonchev–Trinajstić information content (AvgIpc) is 3.60. The van der Waals surface area contributed by atoms with Crippen molar-refractivity contribution in [2.24, 2.45) is 0 Å². The van der Waals surface area contributed by atoms with Crippen LogP contribution in [0.2, 0.25) is 0 Å². The predicted molar refractivity (Wildman–Crippen MR) is 172 cm³/mol. The van der Waals surface area contributed by atoms with Crippen LogP contribution in [0.3, 0.4) is 0 Å². The number of benzene rings is 2. The lowest BCUT2D eigenvalue weighted by atomic mass is 9.93. The summed E-state index contributed by atoms with van der Waals surface area (Å²) in [5, 5.41) is 16.9. The minimum atomic E-state index is -1.84. The second-order valence-corrected chi connectivity index (χ2v) is 13.1. The number of phenols is 1. The third-order valence-electron chi connectivity index (χ3n) is 10.1. The van der Waals surface area contributed by atoms with Crippen LogP contribution in [0.4, 0.5) is 23.4 Å². The number of nitrogens with one attached hydrogen (secondary N) is 2. The van der Waals surface area contributed by atoms with Gasteiger partial charge in [-0.05, 0) is 88.5 Å². The number of nitrogens with zero attached hydrogens (tertiary/aromatic N) is 4. The number of ether oxygens (including phenoxy) is 1. The number of anilines is 1. The van der Waals surface area contributed by atoms with E-state index in [1.165, 1.54) is 24.3 Å². The van der Waals surface area contributed by atoms with Crippen LogP contribution >= 0.6 is 0 Å². The smallest absolute Gasteiger partial charge is 0.319 e. The molecule has 3 N–H and O–H groups in total. The molecule has 2 aromatic heterocycles. The van der Waals surface area contributed by atoms with E-state index in [0.29, 0.717) is 17.7 Å². The molecule has 2 aromatic carbocycles. The van der Waals surface area contributed by atoms with E-state index in [1.807, 2.05) is 0 Å². The summed E-state index contributed by atoms with van der Waals surface area (Å²) in [7, 11) is 0. The molecular weight excluding hydrogens is 612 g/mol. The summed E-state index contributed by atoms with van der Waals surface area (Å²) < 4.78 is 68.2. The molecule has 2 fully saturated rings. The first-order chi connectivity index (χ1) is 22.6. The number of rotatable bonds is 8. The van der Waals surface area contributed by atoms with Gasteiger partial charge in [0.05, 0.1) is 27.7 Å². The number of pyridine rings is 1. The third kappa shape index (κ3) is 5.29. The fourth-order valence-electron chi connectivity index (χ4n) is 7.51. The van der Waals surface area contributed by atoms with E-state index in [0.717, 1.165) is 38.8 Å². The molecule has 5 heterocycles. The van der Waals surface area contributed by atoms with Crippen LogP contribution in [0.15, 0.2) is 24.3 Å². The highest BCUT2D eigenvalue weighted by Crippen LogP contribution is 2.43. The second kappa shape index (κ2) is 11.8. The van der Waals surface area contributed by atoms with Gasteiger partial charge in [-0.2, -0.15) is 9.97 Å². The fourth-order valence-corrected chi connectivity index (χ4v) is 7.51. The predicted octanol–water partition coefficient (Wildman–Crippen LogP) is 6.52. The molecule has 8 nitrogen and oxygen atoms in total. The number of aromatic hydroxyl groups is 1. The highest BCUT2D eigenvalue weighted by atomic mass is 19.2. The Kier molecular flexibility index (Phi) is 7.88. The van der Waals surface area contributed by atoms with Crippen molar-refractivity contribution in [3.05, 3.63) is 47.2 Å². The molecule has 7 rings (SSSR count). The maximum Gasteiger partial charge on any atom is 0.319 e. The molecule has 2 saturated heterocycles.